The van der Waals surface area contributed by atoms with Gasteiger partial charge in [0.25, 0.3) is 0 Å². The minimum Gasteiger partial charge on any atom is -0.382 e. The average Bonchev–Trinajstić information content (AvgIpc) is 2.38. The zero-order valence-electron chi connectivity index (χ0n) is 12.3. The van der Waals surface area contributed by atoms with E-state index in [1.54, 1.807) is 7.11 Å². The SMILES string of the molecule is COCCOCCOC(C)COC(C)CO[P+](C)=O. The topological polar surface area (TPSA) is 63.2 Å². The van der Waals surface area contributed by atoms with Crippen LogP contribution in [-0.2, 0) is 28.0 Å². The van der Waals surface area contributed by atoms with Gasteiger partial charge in [-0.25, -0.2) is 0 Å². The summed E-state index contributed by atoms with van der Waals surface area (Å²) in [4.78, 5) is 0. The van der Waals surface area contributed by atoms with Crippen LogP contribution in [0.2, 0.25) is 0 Å². The van der Waals surface area contributed by atoms with E-state index in [4.69, 9.17) is 23.5 Å². The molecule has 0 aromatic carbocycles. The Hall–Kier alpha value is -0.100. The monoisotopic (exact) mass is 297 g/mol. The summed E-state index contributed by atoms with van der Waals surface area (Å²) in [5, 5.41) is 0. The Kier molecular flexibility index (Phi) is 12.8. The summed E-state index contributed by atoms with van der Waals surface area (Å²) in [6.45, 7) is 8.38. The van der Waals surface area contributed by atoms with Crippen LogP contribution < -0.4 is 0 Å². The summed E-state index contributed by atoms with van der Waals surface area (Å²) in [5.41, 5.74) is 0. The summed E-state index contributed by atoms with van der Waals surface area (Å²) < 4.78 is 36.9. The van der Waals surface area contributed by atoms with Crippen molar-refractivity contribution in [1.29, 1.82) is 0 Å². The largest absolute Gasteiger partial charge is 0.504 e. The molecule has 0 spiro atoms. The molecule has 7 heteroatoms. The maximum Gasteiger partial charge on any atom is 0.504 e. The first-order valence-electron chi connectivity index (χ1n) is 6.40. The van der Waals surface area contributed by atoms with Crippen LogP contribution in [0.25, 0.3) is 0 Å². The molecule has 0 bridgehead atoms. The quantitative estimate of drug-likeness (QED) is 0.382. The first kappa shape index (κ1) is 18.9. The van der Waals surface area contributed by atoms with Gasteiger partial charge >= 0.3 is 8.03 Å². The van der Waals surface area contributed by atoms with E-state index in [0.29, 0.717) is 39.6 Å². The van der Waals surface area contributed by atoms with Crippen molar-refractivity contribution in [2.75, 3.05) is 53.4 Å². The fourth-order valence-corrected chi connectivity index (χ4v) is 1.58. The van der Waals surface area contributed by atoms with Gasteiger partial charge in [0.15, 0.2) is 6.66 Å². The van der Waals surface area contributed by atoms with Crippen LogP contribution in [-0.4, -0.2) is 65.6 Å². The number of rotatable bonds is 13. The highest BCUT2D eigenvalue weighted by molar-refractivity contribution is 7.38. The summed E-state index contributed by atoms with van der Waals surface area (Å²) in [7, 11) is 0.0738. The van der Waals surface area contributed by atoms with E-state index in [2.05, 4.69) is 0 Å². The maximum atomic E-state index is 10.8. The van der Waals surface area contributed by atoms with Crippen LogP contribution in [0.1, 0.15) is 13.8 Å². The smallest absolute Gasteiger partial charge is 0.382 e. The van der Waals surface area contributed by atoms with Crippen molar-refractivity contribution in [3.8, 4) is 0 Å². The van der Waals surface area contributed by atoms with E-state index in [1.165, 1.54) is 6.66 Å². The van der Waals surface area contributed by atoms with Gasteiger partial charge < -0.3 is 18.9 Å². The Morgan fingerprint density at radius 1 is 0.947 bits per heavy atom. The first-order chi connectivity index (χ1) is 9.06. The second-order valence-corrected chi connectivity index (χ2v) is 5.30. The summed E-state index contributed by atoms with van der Waals surface area (Å²) in [6.07, 6.45) is -0.105. The molecule has 0 aliphatic rings. The third kappa shape index (κ3) is 14.1. The third-order valence-electron chi connectivity index (χ3n) is 2.17. The lowest BCUT2D eigenvalue weighted by atomic mass is 10.4. The first-order valence-corrected chi connectivity index (χ1v) is 8.02. The minimum atomic E-state index is -1.56. The third-order valence-corrected chi connectivity index (χ3v) is 2.68. The molecular weight excluding hydrogens is 271 g/mol. The molecule has 6 nitrogen and oxygen atoms in total. The van der Waals surface area contributed by atoms with Crippen LogP contribution in [0.3, 0.4) is 0 Å². The number of ether oxygens (including phenoxy) is 4. The molecule has 0 radical (unpaired) electrons. The van der Waals surface area contributed by atoms with Gasteiger partial charge in [0.1, 0.15) is 6.61 Å². The van der Waals surface area contributed by atoms with E-state index in [1.807, 2.05) is 13.8 Å². The van der Waals surface area contributed by atoms with Crippen molar-refractivity contribution in [3.05, 3.63) is 0 Å². The number of methoxy groups -OCH3 is 1. The highest BCUT2D eigenvalue weighted by atomic mass is 31.1. The molecule has 3 atom stereocenters. The molecule has 0 N–H and O–H groups in total. The van der Waals surface area contributed by atoms with Crippen molar-refractivity contribution >= 4 is 8.03 Å². The van der Waals surface area contributed by atoms with Crippen LogP contribution in [0.4, 0.5) is 0 Å². The van der Waals surface area contributed by atoms with Gasteiger partial charge in [-0.3, -0.25) is 0 Å². The molecule has 0 fully saturated rings. The van der Waals surface area contributed by atoms with E-state index in [0.717, 1.165) is 0 Å². The van der Waals surface area contributed by atoms with E-state index in [-0.39, 0.29) is 12.2 Å². The lowest BCUT2D eigenvalue weighted by molar-refractivity contribution is -0.0566. The van der Waals surface area contributed by atoms with Crippen LogP contribution >= 0.6 is 8.03 Å². The summed E-state index contributed by atoms with van der Waals surface area (Å²) in [6, 6.07) is 0. The molecule has 0 aliphatic heterocycles. The molecule has 114 valence electrons. The molecule has 0 saturated carbocycles. The van der Waals surface area contributed by atoms with Gasteiger partial charge in [0.05, 0.1) is 45.2 Å². The predicted molar refractivity (Wildman–Crippen MR) is 73.0 cm³/mol. The van der Waals surface area contributed by atoms with Crippen LogP contribution in [0.5, 0.6) is 0 Å². The predicted octanol–water partition coefficient (Wildman–Crippen LogP) is 1.85. The molecule has 19 heavy (non-hydrogen) atoms. The highest BCUT2D eigenvalue weighted by Gasteiger charge is 2.13. The van der Waals surface area contributed by atoms with Gasteiger partial charge in [-0.15, -0.1) is 4.52 Å². The second kappa shape index (κ2) is 12.9. The molecule has 0 rings (SSSR count). The minimum absolute atomic E-state index is 0.0103. The van der Waals surface area contributed by atoms with Gasteiger partial charge in [-0.1, -0.05) is 0 Å². The molecule has 0 heterocycles. The summed E-state index contributed by atoms with van der Waals surface area (Å²) in [5.74, 6) is 0. The van der Waals surface area contributed by atoms with E-state index in [9.17, 15) is 4.57 Å². The molecule has 0 amide bonds. The van der Waals surface area contributed by atoms with E-state index < -0.39 is 8.03 Å². The van der Waals surface area contributed by atoms with Gasteiger partial charge in [0, 0.05) is 7.11 Å². The molecule has 3 unspecified atom stereocenters. The van der Waals surface area contributed by atoms with Crippen molar-refractivity contribution in [1.82, 2.24) is 0 Å². The molecule has 0 aromatic rings. The Morgan fingerprint density at radius 3 is 2.21 bits per heavy atom. The van der Waals surface area contributed by atoms with Gasteiger partial charge in [0.2, 0.25) is 0 Å². The highest BCUT2D eigenvalue weighted by Crippen LogP contribution is 2.15. The second-order valence-electron chi connectivity index (χ2n) is 4.17. The molecule has 0 saturated heterocycles. The number of hydrogen-bond acceptors (Lipinski definition) is 6. The normalized spacial score (nSPS) is 15.3. The van der Waals surface area contributed by atoms with Crippen LogP contribution in [0.15, 0.2) is 0 Å². The Balaban J connectivity index is 3.37. The average molecular weight is 297 g/mol. The molecule has 0 aromatic heterocycles. The van der Waals surface area contributed by atoms with E-state index >= 15 is 0 Å². The van der Waals surface area contributed by atoms with Crippen molar-refractivity contribution < 1.29 is 28.0 Å². The van der Waals surface area contributed by atoms with Crippen LogP contribution in [0, 0.1) is 0 Å². The maximum absolute atomic E-state index is 10.8. The zero-order valence-corrected chi connectivity index (χ0v) is 13.2. The fourth-order valence-electron chi connectivity index (χ4n) is 1.16. The molecular formula is C12H26O6P+. The lowest BCUT2D eigenvalue weighted by Crippen LogP contribution is -2.24. The van der Waals surface area contributed by atoms with Gasteiger partial charge in [-0.05, 0) is 18.4 Å². The zero-order chi connectivity index (χ0) is 14.5. The van der Waals surface area contributed by atoms with Crippen molar-refractivity contribution in [3.63, 3.8) is 0 Å². The number of hydrogen-bond donors (Lipinski definition) is 0. The standard InChI is InChI=1S/C12H26O6P/c1-11(16-8-7-15-6-5-14-3)9-17-12(2)10-18-19(4)13/h11-12H,5-10H2,1-4H3/q+1. The van der Waals surface area contributed by atoms with Gasteiger partial charge in [-0.2, -0.15) is 0 Å². The Morgan fingerprint density at radius 2 is 1.58 bits per heavy atom. The lowest BCUT2D eigenvalue weighted by Gasteiger charge is -2.16. The fraction of sp³-hybridized carbons (Fsp3) is 1.00. The van der Waals surface area contributed by atoms with Crippen molar-refractivity contribution in [2.45, 2.75) is 26.1 Å². The Bertz CT molecular complexity index is 226. The molecule has 0 aliphatic carbocycles. The van der Waals surface area contributed by atoms with Crippen molar-refractivity contribution in [2.24, 2.45) is 0 Å². The Labute approximate surface area is 116 Å². The summed E-state index contributed by atoms with van der Waals surface area (Å²) >= 11 is 0.